The van der Waals surface area contributed by atoms with Crippen LogP contribution >= 0.6 is 0 Å². The molecule has 1 saturated heterocycles. The lowest BCUT2D eigenvalue weighted by molar-refractivity contribution is -0.117. The van der Waals surface area contributed by atoms with Crippen LogP contribution in [0.25, 0.3) is 0 Å². The fourth-order valence-electron chi connectivity index (χ4n) is 3.52. The van der Waals surface area contributed by atoms with Crippen molar-refractivity contribution in [2.24, 2.45) is 5.92 Å². The molecule has 6 heteroatoms. The van der Waals surface area contributed by atoms with Crippen molar-refractivity contribution in [3.05, 3.63) is 59.9 Å². The van der Waals surface area contributed by atoms with Crippen molar-refractivity contribution >= 4 is 23.2 Å². The van der Waals surface area contributed by atoms with E-state index in [4.69, 9.17) is 0 Å². The second kappa shape index (κ2) is 8.97. The Bertz CT molecular complexity index is 836. The van der Waals surface area contributed by atoms with Gasteiger partial charge in [0.1, 0.15) is 5.82 Å². The first-order valence-corrected chi connectivity index (χ1v) is 9.64. The molecule has 0 aliphatic carbocycles. The molecular weight excluding hydrogens is 357 g/mol. The first-order valence-electron chi connectivity index (χ1n) is 9.64. The Kier molecular flexibility index (Phi) is 6.41. The molecule has 2 aromatic carbocycles. The van der Waals surface area contributed by atoms with Gasteiger partial charge in [0.25, 0.3) is 0 Å². The summed E-state index contributed by atoms with van der Waals surface area (Å²) in [6.07, 6.45) is 1.37. The van der Waals surface area contributed by atoms with E-state index in [9.17, 15) is 14.0 Å². The van der Waals surface area contributed by atoms with Crippen LogP contribution in [0.1, 0.15) is 38.3 Å². The largest absolute Gasteiger partial charge is 0.323 e. The average molecular weight is 383 g/mol. The van der Waals surface area contributed by atoms with Crippen molar-refractivity contribution in [1.82, 2.24) is 5.32 Å². The first kappa shape index (κ1) is 20.0. The van der Waals surface area contributed by atoms with Crippen LogP contribution in [0.5, 0.6) is 0 Å². The molecule has 2 aromatic rings. The van der Waals surface area contributed by atoms with E-state index in [1.807, 2.05) is 32.0 Å². The lowest BCUT2D eigenvalue weighted by Gasteiger charge is -2.23. The van der Waals surface area contributed by atoms with Crippen LogP contribution in [0, 0.1) is 11.7 Å². The summed E-state index contributed by atoms with van der Waals surface area (Å²) < 4.78 is 13.2. The van der Waals surface area contributed by atoms with Gasteiger partial charge in [0.15, 0.2) is 0 Å². The number of carbonyl (C=O) groups is 2. The molecule has 0 bridgehead atoms. The quantitative estimate of drug-likeness (QED) is 0.763. The van der Waals surface area contributed by atoms with Crippen molar-refractivity contribution in [2.45, 2.75) is 32.7 Å². The van der Waals surface area contributed by atoms with E-state index in [1.54, 1.807) is 23.1 Å². The number of nitrogens with zero attached hydrogens (tertiary/aromatic N) is 1. The minimum Gasteiger partial charge on any atom is -0.323 e. The van der Waals surface area contributed by atoms with Crippen LogP contribution in [0.2, 0.25) is 0 Å². The number of halogens is 1. The standard InChI is InChI=1S/C22H26FN3O2/c1-15(2)22(16-9-11-17(23)12-10-16)24-14-20(27)25-18-6-3-4-7-19(18)26-13-5-8-21(26)28/h3-4,6-7,9-12,15,22,24H,5,8,13-14H2,1-2H3,(H,25,27). The number of nitrogens with one attached hydrogen (secondary N) is 2. The van der Waals surface area contributed by atoms with Gasteiger partial charge in [-0.15, -0.1) is 0 Å². The number of anilines is 2. The monoisotopic (exact) mass is 383 g/mol. The third-order valence-electron chi connectivity index (χ3n) is 4.92. The minimum atomic E-state index is -0.280. The van der Waals surface area contributed by atoms with Gasteiger partial charge in [-0.3, -0.25) is 9.59 Å². The number of amides is 2. The first-order chi connectivity index (χ1) is 13.5. The molecule has 148 valence electrons. The number of benzene rings is 2. The SMILES string of the molecule is CC(C)C(NCC(=O)Nc1ccccc1N1CCCC1=O)c1ccc(F)cc1. The van der Waals surface area contributed by atoms with Crippen molar-refractivity contribution in [3.8, 4) is 0 Å². The van der Waals surface area contributed by atoms with E-state index >= 15 is 0 Å². The molecule has 0 saturated carbocycles. The Labute approximate surface area is 164 Å². The van der Waals surface area contributed by atoms with Crippen LogP contribution in [0.4, 0.5) is 15.8 Å². The third kappa shape index (κ3) is 4.75. The Morgan fingerprint density at radius 2 is 1.86 bits per heavy atom. The molecule has 0 aromatic heterocycles. The number of hydrogen-bond acceptors (Lipinski definition) is 3. The van der Waals surface area contributed by atoms with Gasteiger partial charge >= 0.3 is 0 Å². The maximum Gasteiger partial charge on any atom is 0.238 e. The Morgan fingerprint density at radius 3 is 2.50 bits per heavy atom. The number of carbonyl (C=O) groups excluding carboxylic acids is 2. The van der Waals surface area contributed by atoms with Crippen LogP contribution < -0.4 is 15.5 Å². The Morgan fingerprint density at radius 1 is 1.14 bits per heavy atom. The molecule has 1 aliphatic heterocycles. The summed E-state index contributed by atoms with van der Waals surface area (Å²) in [4.78, 5) is 26.3. The number of hydrogen-bond donors (Lipinski definition) is 2. The molecule has 1 unspecified atom stereocenters. The number of rotatable bonds is 7. The highest BCUT2D eigenvalue weighted by atomic mass is 19.1. The van der Waals surface area contributed by atoms with Gasteiger partial charge in [0.2, 0.25) is 11.8 Å². The summed E-state index contributed by atoms with van der Waals surface area (Å²) in [7, 11) is 0. The van der Waals surface area contributed by atoms with E-state index < -0.39 is 0 Å². The Hall–Kier alpha value is -2.73. The Balaban J connectivity index is 1.65. The van der Waals surface area contributed by atoms with Crippen molar-refractivity contribution in [1.29, 1.82) is 0 Å². The van der Waals surface area contributed by atoms with Crippen molar-refractivity contribution < 1.29 is 14.0 Å². The minimum absolute atomic E-state index is 0.0678. The summed E-state index contributed by atoms with van der Waals surface area (Å²) in [6, 6.07) is 13.6. The molecule has 0 spiro atoms. The molecule has 3 rings (SSSR count). The fourth-order valence-corrected chi connectivity index (χ4v) is 3.52. The van der Waals surface area contributed by atoms with Crippen LogP contribution in [-0.4, -0.2) is 24.9 Å². The van der Waals surface area contributed by atoms with Crippen LogP contribution in [0.3, 0.4) is 0 Å². The third-order valence-corrected chi connectivity index (χ3v) is 4.92. The average Bonchev–Trinajstić information content (AvgIpc) is 3.09. The lowest BCUT2D eigenvalue weighted by Crippen LogP contribution is -2.34. The maximum atomic E-state index is 13.2. The van der Waals surface area contributed by atoms with Gasteiger partial charge in [0, 0.05) is 19.0 Å². The maximum absolute atomic E-state index is 13.2. The van der Waals surface area contributed by atoms with Crippen molar-refractivity contribution in [2.75, 3.05) is 23.3 Å². The lowest BCUT2D eigenvalue weighted by atomic mass is 9.96. The summed E-state index contributed by atoms with van der Waals surface area (Å²) in [5.74, 6) is -0.160. The predicted octanol–water partition coefficient (Wildman–Crippen LogP) is 3.88. The zero-order valence-corrected chi connectivity index (χ0v) is 16.2. The van der Waals surface area contributed by atoms with Crippen LogP contribution in [0.15, 0.2) is 48.5 Å². The predicted molar refractivity (Wildman–Crippen MR) is 109 cm³/mol. The van der Waals surface area contributed by atoms with E-state index in [0.29, 0.717) is 18.7 Å². The van der Waals surface area contributed by atoms with E-state index in [2.05, 4.69) is 10.6 Å². The molecule has 2 N–H and O–H groups in total. The molecule has 1 heterocycles. The molecule has 5 nitrogen and oxygen atoms in total. The molecule has 1 aliphatic rings. The number of para-hydroxylation sites is 2. The fraction of sp³-hybridized carbons (Fsp3) is 0.364. The zero-order valence-electron chi connectivity index (χ0n) is 16.2. The van der Waals surface area contributed by atoms with E-state index in [0.717, 1.165) is 17.7 Å². The molecular formula is C22H26FN3O2. The van der Waals surface area contributed by atoms with Crippen LogP contribution in [-0.2, 0) is 9.59 Å². The van der Waals surface area contributed by atoms with Gasteiger partial charge < -0.3 is 15.5 Å². The zero-order chi connectivity index (χ0) is 20.1. The topological polar surface area (TPSA) is 61.4 Å². The molecule has 0 radical (unpaired) electrons. The molecule has 1 atom stereocenters. The van der Waals surface area contributed by atoms with Gasteiger partial charge in [-0.05, 0) is 42.2 Å². The van der Waals surface area contributed by atoms with E-state index in [-0.39, 0.29) is 36.1 Å². The smallest absolute Gasteiger partial charge is 0.238 e. The summed E-state index contributed by atoms with van der Waals surface area (Å²) in [5.41, 5.74) is 2.30. The summed E-state index contributed by atoms with van der Waals surface area (Å²) in [5, 5.41) is 6.17. The van der Waals surface area contributed by atoms with Gasteiger partial charge in [-0.2, -0.15) is 0 Å². The van der Waals surface area contributed by atoms with Gasteiger partial charge in [-0.25, -0.2) is 4.39 Å². The van der Waals surface area contributed by atoms with E-state index in [1.165, 1.54) is 12.1 Å². The second-order valence-corrected chi connectivity index (χ2v) is 7.37. The molecule has 1 fully saturated rings. The highest BCUT2D eigenvalue weighted by Gasteiger charge is 2.24. The summed E-state index contributed by atoms with van der Waals surface area (Å²) >= 11 is 0. The van der Waals surface area contributed by atoms with Gasteiger partial charge in [-0.1, -0.05) is 38.1 Å². The molecule has 28 heavy (non-hydrogen) atoms. The highest BCUT2D eigenvalue weighted by Crippen LogP contribution is 2.29. The highest BCUT2D eigenvalue weighted by molar-refractivity contribution is 6.02. The summed E-state index contributed by atoms with van der Waals surface area (Å²) in [6.45, 7) is 4.88. The molecule has 2 amide bonds. The normalized spacial score (nSPS) is 15.1. The van der Waals surface area contributed by atoms with Crippen molar-refractivity contribution in [3.63, 3.8) is 0 Å². The van der Waals surface area contributed by atoms with Gasteiger partial charge in [0.05, 0.1) is 17.9 Å². The second-order valence-electron chi connectivity index (χ2n) is 7.37.